The highest BCUT2D eigenvalue weighted by Crippen LogP contribution is 2.35. The van der Waals surface area contributed by atoms with E-state index >= 15 is 0 Å². The molecule has 1 N–H and O–H groups in total. The Labute approximate surface area is 170 Å². The van der Waals surface area contributed by atoms with Crippen LogP contribution in [0.25, 0.3) is 0 Å². The normalized spacial score (nSPS) is 21.2. The predicted octanol–water partition coefficient (Wildman–Crippen LogP) is 2.45. The molecule has 2 aliphatic heterocycles. The molecule has 3 atom stereocenters. The number of nitrogens with zero attached hydrogens (tertiary/aromatic N) is 2. The summed E-state index contributed by atoms with van der Waals surface area (Å²) in [7, 11) is 0. The van der Waals surface area contributed by atoms with E-state index in [0.29, 0.717) is 25.6 Å². The van der Waals surface area contributed by atoms with Gasteiger partial charge in [-0.2, -0.15) is 0 Å². The Morgan fingerprint density at radius 3 is 2.62 bits per heavy atom. The third kappa shape index (κ3) is 4.26. The molecular formula is C23H27N3O3. The summed E-state index contributed by atoms with van der Waals surface area (Å²) in [6.45, 7) is 3.91. The minimum Gasteiger partial charge on any atom is -0.350 e. The lowest BCUT2D eigenvalue weighted by molar-refractivity contribution is -0.136. The summed E-state index contributed by atoms with van der Waals surface area (Å²) in [6.07, 6.45) is 1.43. The van der Waals surface area contributed by atoms with Gasteiger partial charge >= 0.3 is 0 Å². The Kier molecular flexibility index (Phi) is 5.51. The van der Waals surface area contributed by atoms with Crippen LogP contribution >= 0.6 is 0 Å². The Morgan fingerprint density at radius 1 is 1.03 bits per heavy atom. The van der Waals surface area contributed by atoms with E-state index in [1.54, 1.807) is 12.1 Å². The summed E-state index contributed by atoms with van der Waals surface area (Å²) < 4.78 is 1.86. The van der Waals surface area contributed by atoms with Gasteiger partial charge < -0.3 is 14.8 Å². The molecule has 1 saturated heterocycles. The SMILES string of the molecule is C[C@H](NC(=O)CCC(=O)N1C[C@H]2C[C@H](C1)c1cccc(=O)n1C2)c1ccccc1. The number of hydrogen-bond donors (Lipinski definition) is 1. The molecule has 2 aromatic rings. The van der Waals surface area contributed by atoms with E-state index in [1.165, 1.54) is 0 Å². The zero-order valence-electron chi connectivity index (χ0n) is 16.7. The van der Waals surface area contributed by atoms with E-state index in [4.69, 9.17) is 0 Å². The summed E-state index contributed by atoms with van der Waals surface area (Å²) in [4.78, 5) is 39.0. The van der Waals surface area contributed by atoms with Crippen molar-refractivity contribution in [2.75, 3.05) is 13.1 Å². The van der Waals surface area contributed by atoms with Gasteiger partial charge in [0.1, 0.15) is 0 Å². The largest absolute Gasteiger partial charge is 0.350 e. The third-order valence-electron chi connectivity index (χ3n) is 6.08. The van der Waals surface area contributed by atoms with Gasteiger partial charge in [-0.05, 0) is 30.9 Å². The Bertz CT molecular complexity index is 953. The second-order valence-electron chi connectivity index (χ2n) is 8.20. The smallest absolute Gasteiger partial charge is 0.250 e. The lowest BCUT2D eigenvalue weighted by Gasteiger charge is -2.42. The maximum absolute atomic E-state index is 12.7. The number of amides is 2. The maximum Gasteiger partial charge on any atom is 0.250 e. The van der Waals surface area contributed by atoms with Crippen LogP contribution in [0.15, 0.2) is 53.3 Å². The fourth-order valence-electron chi connectivity index (χ4n) is 4.62. The number of carbonyl (C=O) groups excluding carboxylic acids is 2. The first-order valence-corrected chi connectivity index (χ1v) is 10.3. The standard InChI is InChI=1S/C23H27N3O3/c1-16(18-6-3-2-4-7-18)24-21(27)10-11-22(28)25-13-17-12-19(15-25)20-8-5-9-23(29)26(20)14-17/h2-9,16-17,19H,10-15H2,1H3,(H,24,27)/t16-,17+,19+/m0/s1. The number of rotatable bonds is 5. The molecule has 29 heavy (non-hydrogen) atoms. The molecule has 2 bridgehead atoms. The van der Waals surface area contributed by atoms with Gasteiger partial charge in [0.05, 0.1) is 6.04 Å². The molecule has 1 aromatic heterocycles. The highest BCUT2D eigenvalue weighted by atomic mass is 16.2. The second kappa shape index (κ2) is 8.23. The molecule has 0 radical (unpaired) electrons. The van der Waals surface area contributed by atoms with Crippen LogP contribution in [0.2, 0.25) is 0 Å². The second-order valence-corrected chi connectivity index (χ2v) is 8.20. The van der Waals surface area contributed by atoms with Crippen LogP contribution in [-0.2, 0) is 16.1 Å². The van der Waals surface area contributed by atoms with Crippen LogP contribution < -0.4 is 10.9 Å². The number of aromatic nitrogens is 1. The Morgan fingerprint density at radius 2 is 1.83 bits per heavy atom. The van der Waals surface area contributed by atoms with E-state index < -0.39 is 0 Å². The average molecular weight is 393 g/mol. The number of likely N-dealkylation sites (tertiary alicyclic amines) is 1. The molecule has 152 valence electrons. The van der Waals surface area contributed by atoms with Crippen LogP contribution in [-0.4, -0.2) is 34.4 Å². The third-order valence-corrected chi connectivity index (χ3v) is 6.08. The Balaban J connectivity index is 1.32. The van der Waals surface area contributed by atoms with Gasteiger partial charge in [-0.3, -0.25) is 14.4 Å². The van der Waals surface area contributed by atoms with Crippen LogP contribution in [0.5, 0.6) is 0 Å². The number of fused-ring (bicyclic) bond motifs is 4. The summed E-state index contributed by atoms with van der Waals surface area (Å²) in [5.74, 6) is 0.419. The molecule has 0 spiro atoms. The van der Waals surface area contributed by atoms with Gasteiger partial charge in [0.2, 0.25) is 11.8 Å². The predicted molar refractivity (Wildman–Crippen MR) is 110 cm³/mol. The summed E-state index contributed by atoms with van der Waals surface area (Å²) in [6, 6.07) is 15.1. The lowest BCUT2D eigenvalue weighted by atomic mass is 9.83. The van der Waals surface area contributed by atoms with Crippen LogP contribution in [0.4, 0.5) is 0 Å². The Hall–Kier alpha value is -2.89. The summed E-state index contributed by atoms with van der Waals surface area (Å²) >= 11 is 0. The minimum atomic E-state index is -0.108. The topological polar surface area (TPSA) is 71.4 Å². The summed E-state index contributed by atoms with van der Waals surface area (Å²) in [5, 5.41) is 2.97. The zero-order chi connectivity index (χ0) is 20.4. The number of pyridine rings is 1. The van der Waals surface area contributed by atoms with E-state index in [0.717, 1.165) is 17.7 Å². The first-order valence-electron chi connectivity index (χ1n) is 10.3. The number of benzene rings is 1. The van der Waals surface area contributed by atoms with E-state index in [1.807, 2.05) is 52.8 Å². The molecule has 3 heterocycles. The quantitative estimate of drug-likeness (QED) is 0.848. The van der Waals surface area contributed by atoms with Crippen molar-refractivity contribution in [1.82, 2.24) is 14.8 Å². The van der Waals surface area contributed by atoms with Crippen molar-refractivity contribution in [3.8, 4) is 0 Å². The maximum atomic E-state index is 12.7. The number of piperidine rings is 1. The average Bonchev–Trinajstić information content (AvgIpc) is 2.73. The van der Waals surface area contributed by atoms with Crippen molar-refractivity contribution in [3.05, 3.63) is 70.1 Å². The molecule has 6 heteroatoms. The number of hydrogen-bond acceptors (Lipinski definition) is 3. The van der Waals surface area contributed by atoms with Crippen molar-refractivity contribution >= 4 is 11.8 Å². The van der Waals surface area contributed by atoms with Gasteiger partial charge in [0.25, 0.3) is 5.56 Å². The highest BCUT2D eigenvalue weighted by molar-refractivity contribution is 5.84. The molecule has 1 aromatic carbocycles. The first-order chi connectivity index (χ1) is 14.0. The van der Waals surface area contributed by atoms with Gasteiger partial charge in [-0.1, -0.05) is 36.4 Å². The van der Waals surface area contributed by atoms with Crippen molar-refractivity contribution < 1.29 is 9.59 Å². The van der Waals surface area contributed by atoms with Gasteiger partial charge in [-0.25, -0.2) is 0 Å². The lowest BCUT2D eigenvalue weighted by Crippen LogP contribution is -2.49. The zero-order valence-corrected chi connectivity index (χ0v) is 16.7. The number of carbonyl (C=O) groups is 2. The highest BCUT2D eigenvalue weighted by Gasteiger charge is 2.36. The van der Waals surface area contributed by atoms with Crippen molar-refractivity contribution in [1.29, 1.82) is 0 Å². The molecule has 6 nitrogen and oxygen atoms in total. The minimum absolute atomic E-state index is 0.0222. The van der Waals surface area contributed by atoms with E-state index in [9.17, 15) is 14.4 Å². The first kappa shape index (κ1) is 19.4. The van der Waals surface area contributed by atoms with Crippen LogP contribution in [0.3, 0.4) is 0 Å². The van der Waals surface area contributed by atoms with Gasteiger partial charge in [0.15, 0.2) is 0 Å². The van der Waals surface area contributed by atoms with Crippen LogP contribution in [0.1, 0.15) is 49.4 Å². The molecule has 2 amide bonds. The van der Waals surface area contributed by atoms with Crippen LogP contribution in [0, 0.1) is 5.92 Å². The molecular weight excluding hydrogens is 366 g/mol. The van der Waals surface area contributed by atoms with E-state index in [2.05, 4.69) is 5.32 Å². The van der Waals surface area contributed by atoms with Gasteiger partial charge in [-0.15, -0.1) is 0 Å². The van der Waals surface area contributed by atoms with Gasteiger partial charge in [0, 0.05) is 50.2 Å². The molecule has 2 aliphatic rings. The number of nitrogens with one attached hydrogen (secondary N) is 1. The van der Waals surface area contributed by atoms with E-state index in [-0.39, 0.29) is 42.2 Å². The van der Waals surface area contributed by atoms with Crippen molar-refractivity contribution in [2.45, 2.75) is 44.7 Å². The molecule has 4 rings (SSSR count). The monoisotopic (exact) mass is 393 g/mol. The molecule has 0 unspecified atom stereocenters. The molecule has 0 saturated carbocycles. The summed E-state index contributed by atoms with van der Waals surface area (Å²) in [5.41, 5.74) is 2.12. The van der Waals surface area contributed by atoms with Crippen molar-refractivity contribution in [3.63, 3.8) is 0 Å². The fourth-order valence-corrected chi connectivity index (χ4v) is 4.62. The van der Waals surface area contributed by atoms with Crippen molar-refractivity contribution in [2.24, 2.45) is 5.92 Å². The fraction of sp³-hybridized carbons (Fsp3) is 0.435. The molecule has 1 fully saturated rings. The molecule has 0 aliphatic carbocycles.